The lowest BCUT2D eigenvalue weighted by atomic mass is 10.2. The minimum Gasteiger partial charge on any atom is -0.493 e. The van der Waals surface area contributed by atoms with E-state index in [4.69, 9.17) is 16.3 Å². The van der Waals surface area contributed by atoms with E-state index < -0.39 is 0 Å². The largest absolute Gasteiger partial charge is 0.493 e. The molecule has 1 aliphatic rings. The van der Waals surface area contributed by atoms with E-state index in [9.17, 15) is 0 Å². The van der Waals surface area contributed by atoms with Crippen molar-refractivity contribution >= 4 is 11.6 Å². The number of fused-ring (bicyclic) bond motifs is 1. The fourth-order valence-corrected chi connectivity index (χ4v) is 1.30. The van der Waals surface area contributed by atoms with Gasteiger partial charge in [-0.1, -0.05) is 17.7 Å². The van der Waals surface area contributed by atoms with Crippen molar-refractivity contribution in [3.8, 4) is 5.75 Å². The van der Waals surface area contributed by atoms with Crippen LogP contribution < -0.4 is 4.74 Å². The van der Waals surface area contributed by atoms with Crippen molar-refractivity contribution in [3.63, 3.8) is 0 Å². The Bertz CT molecular complexity index is 257. The third kappa shape index (κ3) is 0.868. The van der Waals surface area contributed by atoms with E-state index in [-0.39, 0.29) is 0 Å². The Balaban J connectivity index is 2.52. The molecule has 1 nitrogen and oxygen atoms in total. The van der Waals surface area contributed by atoms with E-state index in [2.05, 4.69) is 0 Å². The quantitative estimate of drug-likeness (QED) is 0.557. The van der Waals surface area contributed by atoms with E-state index in [1.54, 1.807) is 0 Å². The second-order valence-electron chi connectivity index (χ2n) is 2.35. The SMILES string of the molecule is Clc1ccc2c(c1)OCC2. The standard InChI is InChI=1S/C8H7ClO/c9-7-2-1-6-3-4-10-8(6)5-7/h1-2,5H,3-4H2. The normalized spacial score (nSPS) is 14.5. The summed E-state index contributed by atoms with van der Waals surface area (Å²) in [6, 6.07) is 5.78. The van der Waals surface area contributed by atoms with Crippen LogP contribution in [-0.2, 0) is 6.42 Å². The van der Waals surface area contributed by atoms with Gasteiger partial charge in [-0.15, -0.1) is 0 Å². The molecule has 0 saturated heterocycles. The molecule has 0 unspecified atom stereocenters. The molecule has 2 heteroatoms. The number of benzene rings is 1. The molecule has 0 amide bonds. The van der Waals surface area contributed by atoms with Crippen LogP contribution in [0.15, 0.2) is 18.2 Å². The summed E-state index contributed by atoms with van der Waals surface area (Å²) in [7, 11) is 0. The zero-order valence-electron chi connectivity index (χ0n) is 5.43. The third-order valence-corrected chi connectivity index (χ3v) is 1.89. The zero-order valence-corrected chi connectivity index (χ0v) is 6.19. The van der Waals surface area contributed by atoms with Gasteiger partial charge in [0.2, 0.25) is 0 Å². The molecular formula is C8H7ClO. The lowest BCUT2D eigenvalue weighted by molar-refractivity contribution is 0.357. The van der Waals surface area contributed by atoms with Crippen molar-refractivity contribution in [1.29, 1.82) is 0 Å². The molecule has 0 radical (unpaired) electrons. The molecule has 1 aliphatic heterocycles. The smallest absolute Gasteiger partial charge is 0.124 e. The van der Waals surface area contributed by atoms with Crippen molar-refractivity contribution in [3.05, 3.63) is 28.8 Å². The number of rotatable bonds is 0. The fraction of sp³-hybridized carbons (Fsp3) is 0.250. The van der Waals surface area contributed by atoms with Crippen LogP contribution in [0.3, 0.4) is 0 Å². The molecule has 0 aliphatic carbocycles. The topological polar surface area (TPSA) is 9.23 Å². The van der Waals surface area contributed by atoms with Gasteiger partial charge in [-0.3, -0.25) is 0 Å². The zero-order chi connectivity index (χ0) is 6.97. The number of halogens is 1. The van der Waals surface area contributed by atoms with Crippen LogP contribution >= 0.6 is 11.6 Å². The molecular weight excluding hydrogens is 148 g/mol. The van der Waals surface area contributed by atoms with Crippen molar-refractivity contribution in [2.24, 2.45) is 0 Å². The predicted molar refractivity (Wildman–Crippen MR) is 40.7 cm³/mol. The lowest BCUT2D eigenvalue weighted by Crippen LogP contribution is -1.85. The first-order valence-corrected chi connectivity index (χ1v) is 3.65. The monoisotopic (exact) mass is 154 g/mol. The van der Waals surface area contributed by atoms with Gasteiger partial charge in [-0.2, -0.15) is 0 Å². The molecule has 1 aromatic rings. The Hall–Kier alpha value is -0.690. The van der Waals surface area contributed by atoms with E-state index >= 15 is 0 Å². The molecule has 0 fully saturated rings. The molecule has 0 atom stereocenters. The highest BCUT2D eigenvalue weighted by atomic mass is 35.5. The summed E-state index contributed by atoms with van der Waals surface area (Å²) in [6.07, 6.45) is 1.02. The van der Waals surface area contributed by atoms with Gasteiger partial charge in [-0.25, -0.2) is 0 Å². The van der Waals surface area contributed by atoms with Crippen molar-refractivity contribution < 1.29 is 4.74 Å². The van der Waals surface area contributed by atoms with Crippen LogP contribution in [0.25, 0.3) is 0 Å². The molecule has 1 heterocycles. The predicted octanol–water partition coefficient (Wildman–Crippen LogP) is 2.27. The van der Waals surface area contributed by atoms with Gasteiger partial charge >= 0.3 is 0 Å². The van der Waals surface area contributed by atoms with Crippen molar-refractivity contribution in [2.45, 2.75) is 6.42 Å². The minimum atomic E-state index is 0.751. The van der Waals surface area contributed by atoms with Crippen LogP contribution in [-0.4, -0.2) is 6.61 Å². The molecule has 1 aromatic carbocycles. The van der Waals surface area contributed by atoms with Crippen molar-refractivity contribution in [2.75, 3.05) is 6.61 Å². The summed E-state index contributed by atoms with van der Waals surface area (Å²) < 4.78 is 5.29. The molecule has 0 spiro atoms. The number of hydrogen-bond acceptors (Lipinski definition) is 1. The van der Waals surface area contributed by atoms with E-state index in [0.717, 1.165) is 23.8 Å². The summed E-state index contributed by atoms with van der Waals surface area (Å²) in [5.41, 5.74) is 1.27. The maximum absolute atomic E-state index is 5.74. The average molecular weight is 155 g/mol. The van der Waals surface area contributed by atoms with Crippen LogP contribution in [0.2, 0.25) is 5.02 Å². The van der Waals surface area contributed by atoms with Crippen LogP contribution in [0.4, 0.5) is 0 Å². The second kappa shape index (κ2) is 2.17. The Morgan fingerprint density at radius 1 is 1.40 bits per heavy atom. The van der Waals surface area contributed by atoms with Crippen LogP contribution in [0, 0.1) is 0 Å². The van der Waals surface area contributed by atoms with E-state index in [1.807, 2.05) is 18.2 Å². The molecule has 52 valence electrons. The summed E-state index contributed by atoms with van der Waals surface area (Å²) in [5, 5.41) is 0.751. The van der Waals surface area contributed by atoms with Gasteiger partial charge in [0.15, 0.2) is 0 Å². The highest BCUT2D eigenvalue weighted by Gasteiger charge is 2.10. The number of ether oxygens (including phenoxy) is 1. The summed E-state index contributed by atoms with van der Waals surface area (Å²) in [4.78, 5) is 0. The third-order valence-electron chi connectivity index (χ3n) is 1.66. The first kappa shape index (κ1) is 6.05. The van der Waals surface area contributed by atoms with Crippen molar-refractivity contribution in [1.82, 2.24) is 0 Å². The van der Waals surface area contributed by atoms with Gasteiger partial charge < -0.3 is 4.74 Å². The van der Waals surface area contributed by atoms with Crippen LogP contribution in [0.5, 0.6) is 5.75 Å². The van der Waals surface area contributed by atoms with Gasteiger partial charge in [0.05, 0.1) is 6.61 Å². The maximum atomic E-state index is 5.74. The molecule has 0 N–H and O–H groups in total. The summed E-state index contributed by atoms with van der Waals surface area (Å²) in [6.45, 7) is 0.801. The molecule has 0 aromatic heterocycles. The molecule has 10 heavy (non-hydrogen) atoms. The van der Waals surface area contributed by atoms with Gasteiger partial charge in [-0.05, 0) is 17.7 Å². The Kier molecular flexibility index (Phi) is 1.31. The highest BCUT2D eigenvalue weighted by molar-refractivity contribution is 6.30. The maximum Gasteiger partial charge on any atom is 0.124 e. The second-order valence-corrected chi connectivity index (χ2v) is 2.79. The average Bonchev–Trinajstić information content (AvgIpc) is 2.33. The fourth-order valence-electron chi connectivity index (χ4n) is 1.14. The van der Waals surface area contributed by atoms with E-state index in [0.29, 0.717) is 0 Å². The van der Waals surface area contributed by atoms with E-state index in [1.165, 1.54) is 5.56 Å². The molecule has 2 rings (SSSR count). The Morgan fingerprint density at radius 3 is 3.20 bits per heavy atom. The Morgan fingerprint density at radius 2 is 2.30 bits per heavy atom. The first-order valence-electron chi connectivity index (χ1n) is 3.27. The summed E-state index contributed by atoms with van der Waals surface area (Å²) in [5.74, 6) is 0.951. The lowest BCUT2D eigenvalue weighted by Gasteiger charge is -1.96. The summed E-state index contributed by atoms with van der Waals surface area (Å²) >= 11 is 5.74. The minimum absolute atomic E-state index is 0.751. The molecule has 0 saturated carbocycles. The first-order chi connectivity index (χ1) is 4.86. The van der Waals surface area contributed by atoms with Gasteiger partial charge in [0, 0.05) is 11.4 Å². The number of hydrogen-bond donors (Lipinski definition) is 0. The van der Waals surface area contributed by atoms with Gasteiger partial charge in [0.1, 0.15) is 5.75 Å². The van der Waals surface area contributed by atoms with Crippen LogP contribution in [0.1, 0.15) is 5.56 Å². The van der Waals surface area contributed by atoms with Gasteiger partial charge in [0.25, 0.3) is 0 Å². The highest BCUT2D eigenvalue weighted by Crippen LogP contribution is 2.27. The Labute approximate surface area is 64.6 Å². The molecule has 0 bridgehead atoms.